The van der Waals surface area contributed by atoms with E-state index in [1.54, 1.807) is 19.2 Å². The molecule has 1 aliphatic rings. The fraction of sp³-hybridized carbons (Fsp3) is 0.364. The Hall–Kier alpha value is -2.73. The van der Waals surface area contributed by atoms with Crippen molar-refractivity contribution in [3.05, 3.63) is 65.0 Å². The first-order valence-electron chi connectivity index (χ1n) is 9.57. The number of hydrazone groups is 1. The van der Waals surface area contributed by atoms with Gasteiger partial charge >= 0.3 is 0 Å². The summed E-state index contributed by atoms with van der Waals surface area (Å²) in [6.07, 6.45) is 3.75. The molecule has 0 spiro atoms. The number of nitrogens with one attached hydrogen (secondary N) is 1. The van der Waals surface area contributed by atoms with Crippen molar-refractivity contribution in [2.24, 2.45) is 5.10 Å². The van der Waals surface area contributed by atoms with Crippen molar-refractivity contribution in [2.75, 3.05) is 20.2 Å². The minimum absolute atomic E-state index is 0.0282. The van der Waals surface area contributed by atoms with Crippen molar-refractivity contribution in [3.8, 4) is 5.75 Å². The molecule has 0 bridgehead atoms. The third-order valence-electron chi connectivity index (χ3n) is 4.98. The van der Waals surface area contributed by atoms with Crippen LogP contribution in [-0.4, -0.2) is 36.7 Å². The fourth-order valence-electron chi connectivity index (χ4n) is 3.39. The van der Waals surface area contributed by atoms with Gasteiger partial charge in [-0.3, -0.25) is 9.69 Å². The van der Waals surface area contributed by atoms with Crippen molar-refractivity contribution < 1.29 is 13.9 Å². The molecule has 1 saturated heterocycles. The molecule has 1 heterocycles. The summed E-state index contributed by atoms with van der Waals surface area (Å²) in [7, 11) is 1.67. The van der Waals surface area contributed by atoms with Gasteiger partial charge in [-0.1, -0.05) is 18.6 Å². The Morgan fingerprint density at radius 2 is 1.93 bits per heavy atom. The van der Waals surface area contributed by atoms with Gasteiger partial charge in [-0.25, -0.2) is 9.82 Å². The number of carbonyl (C=O) groups excluding carboxylic acids is 1. The minimum Gasteiger partial charge on any atom is -0.496 e. The average Bonchev–Trinajstić information content (AvgIpc) is 2.73. The van der Waals surface area contributed by atoms with Crippen molar-refractivity contribution >= 4 is 11.6 Å². The molecular formula is C22H26FN3O2. The molecular weight excluding hydrogens is 357 g/mol. The van der Waals surface area contributed by atoms with Crippen molar-refractivity contribution in [1.29, 1.82) is 0 Å². The molecule has 1 amide bonds. The molecule has 2 aromatic rings. The largest absolute Gasteiger partial charge is 0.496 e. The van der Waals surface area contributed by atoms with Gasteiger partial charge in [0.1, 0.15) is 11.6 Å². The van der Waals surface area contributed by atoms with E-state index in [1.807, 2.05) is 25.1 Å². The second-order valence-corrected chi connectivity index (χ2v) is 6.98. The molecule has 0 aliphatic carbocycles. The molecule has 2 aromatic carbocycles. The highest BCUT2D eigenvalue weighted by molar-refractivity contribution is 6.01. The highest BCUT2D eigenvalue weighted by Crippen LogP contribution is 2.23. The van der Waals surface area contributed by atoms with Crippen LogP contribution in [0.5, 0.6) is 5.75 Å². The zero-order valence-corrected chi connectivity index (χ0v) is 16.4. The second-order valence-electron chi connectivity index (χ2n) is 6.98. The van der Waals surface area contributed by atoms with Crippen molar-refractivity contribution in [3.63, 3.8) is 0 Å². The number of rotatable bonds is 6. The lowest BCUT2D eigenvalue weighted by atomic mass is 10.0. The summed E-state index contributed by atoms with van der Waals surface area (Å²) in [5, 5.41) is 4.15. The molecule has 148 valence electrons. The number of halogens is 1. The summed E-state index contributed by atoms with van der Waals surface area (Å²) >= 11 is 0. The SMILES string of the molecule is COc1ccc(/C(C)=N\NC(=O)c2ccccc2F)cc1CN1CCCCC1. The number of benzene rings is 2. The Balaban J connectivity index is 1.74. The number of methoxy groups -OCH3 is 1. The maximum Gasteiger partial charge on any atom is 0.274 e. The lowest BCUT2D eigenvalue weighted by Crippen LogP contribution is -2.29. The molecule has 1 N–H and O–H groups in total. The van der Waals surface area contributed by atoms with Crippen LogP contribution in [0.3, 0.4) is 0 Å². The summed E-state index contributed by atoms with van der Waals surface area (Å²) in [6, 6.07) is 11.7. The van der Waals surface area contributed by atoms with Crippen LogP contribution in [0, 0.1) is 5.82 Å². The third-order valence-corrected chi connectivity index (χ3v) is 4.98. The Labute approximate surface area is 165 Å². The molecule has 6 heteroatoms. The van der Waals surface area contributed by atoms with Gasteiger partial charge < -0.3 is 4.74 Å². The van der Waals surface area contributed by atoms with Crippen LogP contribution in [0.15, 0.2) is 47.6 Å². The molecule has 0 radical (unpaired) electrons. The number of hydrogen-bond acceptors (Lipinski definition) is 4. The Kier molecular flexibility index (Phi) is 6.76. The van der Waals surface area contributed by atoms with Gasteiger partial charge in [0.15, 0.2) is 0 Å². The Bertz CT molecular complexity index is 861. The second kappa shape index (κ2) is 9.46. The summed E-state index contributed by atoms with van der Waals surface area (Å²) in [4.78, 5) is 14.6. The highest BCUT2D eigenvalue weighted by atomic mass is 19.1. The Morgan fingerprint density at radius 3 is 2.64 bits per heavy atom. The molecule has 1 aliphatic heterocycles. The average molecular weight is 383 g/mol. The topological polar surface area (TPSA) is 53.9 Å². The number of likely N-dealkylation sites (tertiary alicyclic amines) is 1. The summed E-state index contributed by atoms with van der Waals surface area (Å²) in [6.45, 7) is 4.83. The number of piperidine rings is 1. The van der Waals surface area contributed by atoms with Crippen LogP contribution < -0.4 is 10.2 Å². The zero-order valence-electron chi connectivity index (χ0n) is 16.4. The van der Waals surface area contributed by atoms with E-state index < -0.39 is 11.7 Å². The van der Waals surface area contributed by atoms with Crippen LogP contribution in [-0.2, 0) is 6.54 Å². The van der Waals surface area contributed by atoms with E-state index in [4.69, 9.17) is 4.74 Å². The van der Waals surface area contributed by atoms with E-state index in [9.17, 15) is 9.18 Å². The predicted octanol–water partition coefficient (Wildman–Crippen LogP) is 3.97. The van der Waals surface area contributed by atoms with Crippen LogP contribution in [0.2, 0.25) is 0 Å². The molecule has 1 fully saturated rings. The van der Waals surface area contributed by atoms with Gasteiger partial charge in [0.2, 0.25) is 0 Å². The van der Waals surface area contributed by atoms with Crippen molar-refractivity contribution in [2.45, 2.75) is 32.7 Å². The first-order valence-corrected chi connectivity index (χ1v) is 9.57. The normalized spacial score (nSPS) is 15.3. The van der Waals surface area contributed by atoms with E-state index in [0.29, 0.717) is 5.71 Å². The zero-order chi connectivity index (χ0) is 19.9. The molecule has 0 saturated carbocycles. The van der Waals surface area contributed by atoms with E-state index in [0.717, 1.165) is 36.5 Å². The van der Waals surface area contributed by atoms with Gasteiger partial charge in [-0.15, -0.1) is 0 Å². The van der Waals surface area contributed by atoms with E-state index in [-0.39, 0.29) is 5.56 Å². The molecule has 3 rings (SSSR count). The summed E-state index contributed by atoms with van der Waals surface area (Å²) < 4.78 is 19.2. The van der Waals surface area contributed by atoms with Crippen LogP contribution >= 0.6 is 0 Å². The predicted molar refractivity (Wildman–Crippen MR) is 108 cm³/mol. The quantitative estimate of drug-likeness (QED) is 0.607. The lowest BCUT2D eigenvalue weighted by Gasteiger charge is -2.27. The molecule has 5 nitrogen and oxygen atoms in total. The maximum atomic E-state index is 13.7. The lowest BCUT2D eigenvalue weighted by molar-refractivity contribution is 0.0951. The first kappa shape index (κ1) is 20.0. The van der Waals surface area contributed by atoms with Crippen LogP contribution in [0.25, 0.3) is 0 Å². The van der Waals surface area contributed by atoms with E-state index in [1.165, 1.54) is 31.4 Å². The monoisotopic (exact) mass is 383 g/mol. The van der Waals surface area contributed by atoms with E-state index in [2.05, 4.69) is 15.4 Å². The number of amides is 1. The van der Waals surface area contributed by atoms with E-state index >= 15 is 0 Å². The molecule has 0 atom stereocenters. The van der Waals surface area contributed by atoms with Crippen molar-refractivity contribution in [1.82, 2.24) is 10.3 Å². The third kappa shape index (κ3) is 4.95. The smallest absolute Gasteiger partial charge is 0.274 e. The summed E-state index contributed by atoms with van der Waals surface area (Å²) in [5.74, 6) is -0.293. The van der Waals surface area contributed by atoms with Gasteiger partial charge in [0, 0.05) is 12.1 Å². The molecule has 0 aromatic heterocycles. The van der Waals surface area contributed by atoms with Gasteiger partial charge in [0.05, 0.1) is 18.4 Å². The summed E-state index contributed by atoms with van der Waals surface area (Å²) in [5.41, 5.74) is 5.04. The maximum absolute atomic E-state index is 13.7. The number of carbonyl (C=O) groups is 1. The number of nitrogens with zero attached hydrogens (tertiary/aromatic N) is 2. The van der Waals surface area contributed by atoms with Gasteiger partial charge in [-0.05, 0) is 68.8 Å². The van der Waals surface area contributed by atoms with Crippen LogP contribution in [0.1, 0.15) is 47.7 Å². The minimum atomic E-state index is -0.570. The molecule has 28 heavy (non-hydrogen) atoms. The first-order chi connectivity index (χ1) is 13.6. The van der Waals surface area contributed by atoms with Gasteiger partial charge in [-0.2, -0.15) is 5.10 Å². The fourth-order valence-corrected chi connectivity index (χ4v) is 3.39. The number of ether oxygens (including phenoxy) is 1. The van der Waals surface area contributed by atoms with Crippen LogP contribution in [0.4, 0.5) is 4.39 Å². The van der Waals surface area contributed by atoms with Gasteiger partial charge in [0.25, 0.3) is 5.91 Å². The Morgan fingerprint density at radius 1 is 1.18 bits per heavy atom. The number of hydrogen-bond donors (Lipinski definition) is 1. The highest BCUT2D eigenvalue weighted by Gasteiger charge is 2.15. The standard InChI is InChI=1S/C22H26FN3O2/c1-16(24-25-22(27)19-8-4-5-9-20(19)23)17-10-11-21(28-2)18(14-17)15-26-12-6-3-7-13-26/h4-5,8-11,14H,3,6-7,12-13,15H2,1-2H3,(H,25,27)/b24-16-. The molecule has 0 unspecified atom stereocenters.